The lowest BCUT2D eigenvalue weighted by Gasteiger charge is -2.30. The van der Waals surface area contributed by atoms with Gasteiger partial charge in [0.05, 0.1) is 0 Å². The molecule has 0 saturated heterocycles. The van der Waals surface area contributed by atoms with Crippen LogP contribution < -0.4 is 10.2 Å². The highest BCUT2D eigenvalue weighted by molar-refractivity contribution is 6.31. The minimum Gasteiger partial charge on any atom is -0.372 e. The number of nitrogens with one attached hydrogen (secondary N) is 1. The van der Waals surface area contributed by atoms with Gasteiger partial charge in [-0.15, -0.1) is 0 Å². The van der Waals surface area contributed by atoms with Crippen molar-refractivity contribution in [2.45, 2.75) is 59.2 Å². The van der Waals surface area contributed by atoms with Crippen LogP contribution in [-0.2, 0) is 6.54 Å². The zero-order chi connectivity index (χ0) is 14.6. The lowest BCUT2D eigenvalue weighted by molar-refractivity contribution is 0.424. The van der Waals surface area contributed by atoms with E-state index in [-0.39, 0.29) is 5.54 Å². The van der Waals surface area contributed by atoms with Gasteiger partial charge in [0.2, 0.25) is 0 Å². The second-order valence-corrected chi connectivity index (χ2v) is 6.62. The maximum Gasteiger partial charge on any atom is 0.0471 e. The molecular weight excluding hydrogens is 256 g/mol. The van der Waals surface area contributed by atoms with Crippen molar-refractivity contribution in [3.63, 3.8) is 0 Å². The Bertz CT molecular complexity index is 410. The fraction of sp³-hybridized carbons (Fsp3) is 0.625. The van der Waals surface area contributed by atoms with E-state index in [1.807, 2.05) is 12.1 Å². The highest BCUT2D eigenvalue weighted by atomic mass is 35.5. The zero-order valence-electron chi connectivity index (χ0n) is 13.0. The molecule has 108 valence electrons. The summed E-state index contributed by atoms with van der Waals surface area (Å²) >= 11 is 6.38. The van der Waals surface area contributed by atoms with Crippen molar-refractivity contribution >= 4 is 17.3 Å². The second-order valence-electron chi connectivity index (χ2n) is 6.21. The average molecular weight is 283 g/mol. The first kappa shape index (κ1) is 16.3. The van der Waals surface area contributed by atoms with E-state index in [0.717, 1.165) is 18.0 Å². The number of nitrogens with zero attached hydrogens (tertiary/aromatic N) is 1. The Hall–Kier alpha value is -0.730. The summed E-state index contributed by atoms with van der Waals surface area (Å²) in [6, 6.07) is 6.65. The monoisotopic (exact) mass is 282 g/mol. The summed E-state index contributed by atoms with van der Waals surface area (Å²) in [6.45, 7) is 11.7. The van der Waals surface area contributed by atoms with Crippen molar-refractivity contribution in [2.24, 2.45) is 0 Å². The molecule has 0 fully saturated rings. The van der Waals surface area contributed by atoms with Crippen LogP contribution in [-0.4, -0.2) is 18.6 Å². The minimum atomic E-state index is 0.0887. The lowest BCUT2D eigenvalue weighted by atomic mass is 10.1. The average Bonchev–Trinajstić information content (AvgIpc) is 2.34. The predicted octanol–water partition coefficient (Wildman–Crippen LogP) is 4.46. The van der Waals surface area contributed by atoms with Crippen molar-refractivity contribution in [1.82, 2.24) is 5.32 Å². The standard InChI is InChI=1S/C16H27ClN2/c1-7-12(2)19(6)15-10-8-9-14(17)13(15)11-18-16(3,4)5/h8-10,12,18H,7,11H2,1-6H3. The number of halogens is 1. The summed E-state index contributed by atoms with van der Waals surface area (Å²) in [6.07, 6.45) is 1.12. The van der Waals surface area contributed by atoms with Gasteiger partial charge in [0.1, 0.15) is 0 Å². The minimum absolute atomic E-state index is 0.0887. The third-order valence-electron chi connectivity index (χ3n) is 3.52. The SMILES string of the molecule is CCC(C)N(C)c1cccc(Cl)c1CNC(C)(C)C. The summed E-state index contributed by atoms with van der Waals surface area (Å²) < 4.78 is 0. The number of rotatable bonds is 5. The molecule has 19 heavy (non-hydrogen) atoms. The molecular formula is C16H27ClN2. The number of anilines is 1. The lowest BCUT2D eigenvalue weighted by Crippen LogP contribution is -2.36. The van der Waals surface area contributed by atoms with Gasteiger partial charge in [0, 0.05) is 41.4 Å². The van der Waals surface area contributed by atoms with Crippen LogP contribution in [0.4, 0.5) is 5.69 Å². The molecule has 1 atom stereocenters. The van der Waals surface area contributed by atoms with E-state index in [1.165, 1.54) is 11.3 Å². The van der Waals surface area contributed by atoms with E-state index in [4.69, 9.17) is 11.6 Å². The van der Waals surface area contributed by atoms with Crippen LogP contribution in [0.15, 0.2) is 18.2 Å². The fourth-order valence-electron chi connectivity index (χ4n) is 1.92. The third-order valence-corrected chi connectivity index (χ3v) is 3.88. The van der Waals surface area contributed by atoms with Gasteiger partial charge in [0.15, 0.2) is 0 Å². The highest BCUT2D eigenvalue weighted by Gasteiger charge is 2.16. The summed E-state index contributed by atoms with van der Waals surface area (Å²) in [5, 5.41) is 4.36. The van der Waals surface area contributed by atoms with Crippen LogP contribution in [0.2, 0.25) is 5.02 Å². The molecule has 0 heterocycles. The van der Waals surface area contributed by atoms with E-state index in [0.29, 0.717) is 6.04 Å². The van der Waals surface area contributed by atoms with Gasteiger partial charge in [-0.2, -0.15) is 0 Å². The molecule has 0 spiro atoms. The van der Waals surface area contributed by atoms with Gasteiger partial charge in [0.25, 0.3) is 0 Å². The molecule has 0 aromatic heterocycles. The van der Waals surface area contributed by atoms with Gasteiger partial charge in [-0.3, -0.25) is 0 Å². The molecule has 1 N–H and O–H groups in total. The van der Waals surface area contributed by atoms with E-state index < -0.39 is 0 Å². The van der Waals surface area contributed by atoms with Gasteiger partial charge < -0.3 is 10.2 Å². The molecule has 2 nitrogen and oxygen atoms in total. The Balaban J connectivity index is 3.01. The van der Waals surface area contributed by atoms with Crippen LogP contribution in [0.3, 0.4) is 0 Å². The molecule has 0 saturated carbocycles. The van der Waals surface area contributed by atoms with Gasteiger partial charge >= 0.3 is 0 Å². The molecule has 1 aromatic rings. The van der Waals surface area contributed by atoms with Crippen molar-refractivity contribution in [3.05, 3.63) is 28.8 Å². The van der Waals surface area contributed by atoms with Crippen molar-refractivity contribution in [1.29, 1.82) is 0 Å². The largest absolute Gasteiger partial charge is 0.372 e. The first-order chi connectivity index (χ1) is 8.76. The molecule has 0 bridgehead atoms. The van der Waals surface area contributed by atoms with Gasteiger partial charge in [-0.1, -0.05) is 24.6 Å². The topological polar surface area (TPSA) is 15.3 Å². The van der Waals surface area contributed by atoms with Gasteiger partial charge in [-0.25, -0.2) is 0 Å². The Morgan fingerprint density at radius 3 is 2.47 bits per heavy atom. The van der Waals surface area contributed by atoms with Crippen LogP contribution >= 0.6 is 11.6 Å². The van der Waals surface area contributed by atoms with Crippen LogP contribution in [0.5, 0.6) is 0 Å². The quantitative estimate of drug-likeness (QED) is 0.858. The maximum absolute atomic E-state index is 6.38. The normalized spacial score (nSPS) is 13.4. The molecule has 1 unspecified atom stereocenters. The van der Waals surface area contributed by atoms with Crippen molar-refractivity contribution in [2.75, 3.05) is 11.9 Å². The number of hydrogen-bond acceptors (Lipinski definition) is 2. The van der Waals surface area contributed by atoms with Crippen LogP contribution in [0.25, 0.3) is 0 Å². The highest BCUT2D eigenvalue weighted by Crippen LogP contribution is 2.29. The van der Waals surface area contributed by atoms with E-state index in [1.54, 1.807) is 0 Å². The summed E-state index contributed by atoms with van der Waals surface area (Å²) in [7, 11) is 2.14. The molecule has 1 aromatic carbocycles. The van der Waals surface area contributed by atoms with E-state index >= 15 is 0 Å². The summed E-state index contributed by atoms with van der Waals surface area (Å²) in [5.41, 5.74) is 2.49. The van der Waals surface area contributed by atoms with Crippen LogP contribution in [0.1, 0.15) is 46.6 Å². The second kappa shape index (κ2) is 6.62. The predicted molar refractivity (Wildman–Crippen MR) is 86.2 cm³/mol. The van der Waals surface area contributed by atoms with Crippen LogP contribution in [0, 0.1) is 0 Å². The Labute approximate surface area is 123 Å². The molecule has 3 heteroatoms. The van der Waals surface area contributed by atoms with Crippen molar-refractivity contribution < 1.29 is 0 Å². The van der Waals surface area contributed by atoms with Gasteiger partial charge in [-0.05, 0) is 46.2 Å². The molecule has 0 aliphatic rings. The molecule has 0 aliphatic heterocycles. The first-order valence-electron chi connectivity index (χ1n) is 7.01. The molecule has 0 amide bonds. The Morgan fingerprint density at radius 2 is 1.95 bits per heavy atom. The third kappa shape index (κ3) is 4.70. The number of benzene rings is 1. The molecule has 0 aliphatic carbocycles. The molecule has 0 radical (unpaired) electrons. The number of hydrogen-bond donors (Lipinski definition) is 1. The van der Waals surface area contributed by atoms with E-state index in [9.17, 15) is 0 Å². The Morgan fingerprint density at radius 1 is 1.32 bits per heavy atom. The first-order valence-corrected chi connectivity index (χ1v) is 7.39. The van der Waals surface area contributed by atoms with E-state index in [2.05, 4.69) is 57.9 Å². The molecule has 1 rings (SSSR count). The zero-order valence-corrected chi connectivity index (χ0v) is 13.8. The maximum atomic E-state index is 6.38. The summed E-state index contributed by atoms with van der Waals surface area (Å²) in [5.74, 6) is 0. The summed E-state index contributed by atoms with van der Waals surface area (Å²) in [4.78, 5) is 2.31. The fourth-order valence-corrected chi connectivity index (χ4v) is 2.15. The van der Waals surface area contributed by atoms with Crippen molar-refractivity contribution in [3.8, 4) is 0 Å². The Kier molecular flexibility index (Phi) is 5.69. The smallest absolute Gasteiger partial charge is 0.0471 e.